The summed E-state index contributed by atoms with van der Waals surface area (Å²) in [5.41, 5.74) is 11.7. The van der Waals surface area contributed by atoms with Crippen molar-refractivity contribution < 1.29 is 0 Å². The van der Waals surface area contributed by atoms with E-state index in [1.54, 1.807) is 0 Å². The smallest absolute Gasteiger partial charge is 0.0625 e. The van der Waals surface area contributed by atoms with E-state index in [0.717, 1.165) is 22.7 Å². The highest BCUT2D eigenvalue weighted by molar-refractivity contribution is 6.24. The average molecular weight is 763 g/mol. The van der Waals surface area contributed by atoms with Crippen molar-refractivity contribution in [2.45, 2.75) is 0 Å². The Labute approximate surface area is 348 Å². The van der Waals surface area contributed by atoms with E-state index in [1.807, 2.05) is 0 Å². The Morgan fingerprint density at radius 2 is 0.933 bits per heavy atom. The number of para-hydroxylation sites is 2. The summed E-state index contributed by atoms with van der Waals surface area (Å²) in [5, 5.41) is 12.4. The average Bonchev–Trinajstić information content (AvgIpc) is 3.67. The first-order valence-corrected chi connectivity index (χ1v) is 20.7. The third-order valence-electron chi connectivity index (χ3n) is 12.3. The first-order chi connectivity index (χ1) is 29.8. The zero-order valence-corrected chi connectivity index (χ0v) is 32.8. The van der Waals surface area contributed by atoms with Crippen LogP contribution in [-0.4, -0.2) is 4.57 Å². The van der Waals surface area contributed by atoms with Crippen molar-refractivity contribution >= 4 is 82.0 Å². The maximum atomic E-state index is 2.45. The van der Waals surface area contributed by atoms with Gasteiger partial charge in [-0.25, -0.2) is 0 Å². The molecular weight excluding hydrogens is 725 g/mol. The van der Waals surface area contributed by atoms with Crippen LogP contribution in [0.3, 0.4) is 0 Å². The zero-order valence-electron chi connectivity index (χ0n) is 32.8. The van der Waals surface area contributed by atoms with Gasteiger partial charge in [0.2, 0.25) is 0 Å². The molecular formula is C58H38N2. The fourth-order valence-corrected chi connectivity index (χ4v) is 9.54. The summed E-state index contributed by atoms with van der Waals surface area (Å²) in [5.74, 6) is 0. The molecule has 0 atom stereocenters. The number of rotatable bonds is 6. The summed E-state index contributed by atoms with van der Waals surface area (Å²) < 4.78 is 2.45. The molecule has 0 fully saturated rings. The zero-order chi connectivity index (χ0) is 39.6. The molecule has 280 valence electrons. The van der Waals surface area contributed by atoms with Crippen molar-refractivity contribution in [2.75, 3.05) is 4.90 Å². The van der Waals surface area contributed by atoms with Crippen molar-refractivity contribution in [2.24, 2.45) is 0 Å². The molecule has 0 aliphatic rings. The molecule has 0 aliphatic carbocycles. The first kappa shape index (κ1) is 34.1. The van der Waals surface area contributed by atoms with Gasteiger partial charge in [-0.3, -0.25) is 0 Å². The minimum Gasteiger partial charge on any atom is -0.310 e. The van der Waals surface area contributed by atoms with Crippen LogP contribution >= 0.6 is 0 Å². The molecule has 2 heteroatoms. The van der Waals surface area contributed by atoms with Gasteiger partial charge in [0, 0.05) is 38.6 Å². The van der Waals surface area contributed by atoms with Crippen molar-refractivity contribution in [3.05, 3.63) is 231 Å². The number of hydrogen-bond acceptors (Lipinski definition) is 1. The monoisotopic (exact) mass is 762 g/mol. The second-order valence-corrected chi connectivity index (χ2v) is 15.7. The Kier molecular flexibility index (Phi) is 7.89. The Bertz CT molecular complexity index is 3600. The fraction of sp³-hybridized carbons (Fsp3) is 0. The lowest BCUT2D eigenvalue weighted by atomic mass is 9.94. The Morgan fingerprint density at radius 3 is 1.73 bits per heavy atom. The maximum Gasteiger partial charge on any atom is 0.0625 e. The predicted molar refractivity (Wildman–Crippen MR) is 256 cm³/mol. The highest BCUT2D eigenvalue weighted by Gasteiger charge is 2.22. The molecule has 12 rings (SSSR count). The number of fused-ring (bicyclic) bond motifs is 9. The van der Waals surface area contributed by atoms with Gasteiger partial charge in [-0.05, 0) is 115 Å². The molecule has 1 heterocycles. The largest absolute Gasteiger partial charge is 0.310 e. The highest BCUT2D eigenvalue weighted by Crippen LogP contribution is 2.46. The molecule has 0 amide bonds. The number of nitrogens with zero attached hydrogens (tertiary/aromatic N) is 2. The summed E-state index contributed by atoms with van der Waals surface area (Å²) in [6, 6.07) is 84.4. The summed E-state index contributed by atoms with van der Waals surface area (Å²) in [6.45, 7) is 0. The van der Waals surface area contributed by atoms with Crippen LogP contribution in [-0.2, 0) is 0 Å². The lowest BCUT2D eigenvalue weighted by Gasteiger charge is -2.28. The highest BCUT2D eigenvalue weighted by atomic mass is 15.1. The SMILES string of the molecule is c1ccc(-n2c3ccccc3c3c(-c4cccc(N(c5ccc(-c6ccc7ccccc7c6)cc5)c5cc6ccccc6c6ccccc56)c4)cc4ccccc4c32)cc1. The summed E-state index contributed by atoms with van der Waals surface area (Å²) >= 11 is 0. The van der Waals surface area contributed by atoms with E-state index in [-0.39, 0.29) is 0 Å². The molecule has 0 aliphatic heterocycles. The van der Waals surface area contributed by atoms with Gasteiger partial charge in [-0.15, -0.1) is 0 Å². The number of benzene rings is 11. The second kappa shape index (κ2) is 13.9. The van der Waals surface area contributed by atoms with Crippen LogP contribution in [0.15, 0.2) is 231 Å². The summed E-state index contributed by atoms with van der Waals surface area (Å²) in [7, 11) is 0. The Balaban J connectivity index is 1.10. The minimum atomic E-state index is 1.10. The van der Waals surface area contributed by atoms with Crippen LogP contribution in [0, 0.1) is 0 Å². The summed E-state index contributed by atoms with van der Waals surface area (Å²) in [6.07, 6.45) is 0. The van der Waals surface area contributed by atoms with Crippen LogP contribution in [0.1, 0.15) is 0 Å². The maximum absolute atomic E-state index is 2.45. The lowest BCUT2D eigenvalue weighted by Crippen LogP contribution is -2.11. The molecule has 0 unspecified atom stereocenters. The van der Waals surface area contributed by atoms with E-state index in [0.29, 0.717) is 0 Å². The van der Waals surface area contributed by atoms with Crippen LogP contribution in [0.5, 0.6) is 0 Å². The van der Waals surface area contributed by atoms with Gasteiger partial charge in [0.1, 0.15) is 0 Å². The van der Waals surface area contributed by atoms with Gasteiger partial charge in [-0.1, -0.05) is 170 Å². The molecule has 0 bridgehead atoms. The van der Waals surface area contributed by atoms with Gasteiger partial charge in [0.05, 0.1) is 16.7 Å². The van der Waals surface area contributed by atoms with E-state index >= 15 is 0 Å². The third-order valence-corrected chi connectivity index (χ3v) is 12.3. The minimum absolute atomic E-state index is 1.10. The van der Waals surface area contributed by atoms with Crippen molar-refractivity contribution in [3.8, 4) is 27.9 Å². The molecule has 12 aromatic rings. The lowest BCUT2D eigenvalue weighted by molar-refractivity contribution is 1.19. The number of aromatic nitrogens is 1. The third kappa shape index (κ3) is 5.50. The standard InChI is InChI=1S/C58H38N2/c1-2-20-46(21-3-1)60-55-28-13-12-27-53(55)57-54(37-44-17-7-9-24-50(44)58(57)60)43-19-14-22-48(36-43)59(56-38-45-18-6-8-23-49(45)51-25-10-11-26-52(51)56)47-33-31-40(32-34-47)42-30-29-39-15-4-5-16-41(39)35-42/h1-38H. The topological polar surface area (TPSA) is 8.17 Å². The van der Waals surface area contributed by atoms with Gasteiger partial charge >= 0.3 is 0 Å². The summed E-state index contributed by atoms with van der Waals surface area (Å²) in [4.78, 5) is 2.45. The fourth-order valence-electron chi connectivity index (χ4n) is 9.54. The van der Waals surface area contributed by atoms with Crippen molar-refractivity contribution in [3.63, 3.8) is 0 Å². The van der Waals surface area contributed by atoms with Crippen molar-refractivity contribution in [1.29, 1.82) is 0 Å². The van der Waals surface area contributed by atoms with E-state index in [9.17, 15) is 0 Å². The van der Waals surface area contributed by atoms with Gasteiger partial charge in [-0.2, -0.15) is 0 Å². The molecule has 0 saturated heterocycles. The quantitative estimate of drug-likeness (QED) is 0.153. The first-order valence-electron chi connectivity index (χ1n) is 20.7. The normalized spacial score (nSPS) is 11.7. The number of anilines is 3. The van der Waals surface area contributed by atoms with Crippen molar-refractivity contribution in [1.82, 2.24) is 4.57 Å². The van der Waals surface area contributed by atoms with Crippen LogP contribution < -0.4 is 4.90 Å². The molecule has 0 saturated carbocycles. The van der Waals surface area contributed by atoms with Gasteiger partial charge < -0.3 is 9.47 Å². The predicted octanol–water partition coefficient (Wildman–Crippen LogP) is 16.2. The molecule has 60 heavy (non-hydrogen) atoms. The van der Waals surface area contributed by atoms with Gasteiger partial charge in [0.25, 0.3) is 0 Å². The molecule has 0 spiro atoms. The second-order valence-electron chi connectivity index (χ2n) is 15.7. The van der Waals surface area contributed by atoms with Gasteiger partial charge in [0.15, 0.2) is 0 Å². The van der Waals surface area contributed by atoms with Crippen LogP contribution in [0.25, 0.3) is 92.8 Å². The molecule has 0 radical (unpaired) electrons. The number of hydrogen-bond donors (Lipinski definition) is 0. The van der Waals surface area contributed by atoms with Crippen LogP contribution in [0.4, 0.5) is 17.1 Å². The molecule has 0 N–H and O–H groups in total. The Hall–Kier alpha value is -7.94. The molecule has 1 aromatic heterocycles. The van der Waals surface area contributed by atoms with E-state index < -0.39 is 0 Å². The van der Waals surface area contributed by atoms with E-state index in [1.165, 1.54) is 87.1 Å². The Morgan fingerprint density at radius 1 is 0.317 bits per heavy atom. The molecule has 2 nitrogen and oxygen atoms in total. The van der Waals surface area contributed by atoms with E-state index in [4.69, 9.17) is 0 Å². The van der Waals surface area contributed by atoms with Crippen LogP contribution in [0.2, 0.25) is 0 Å². The molecule has 11 aromatic carbocycles. The van der Waals surface area contributed by atoms with E-state index in [2.05, 4.69) is 240 Å².